The number of carbonyl (C=O) groups excluding carboxylic acids is 1. The number of hydrogen-bond acceptors (Lipinski definition) is 6. The van der Waals surface area contributed by atoms with E-state index in [-0.39, 0.29) is 17.8 Å². The molecule has 2 heterocycles. The highest BCUT2D eigenvalue weighted by molar-refractivity contribution is 7.94. The minimum absolute atomic E-state index is 0.227. The zero-order valence-corrected chi connectivity index (χ0v) is 22.9. The van der Waals surface area contributed by atoms with Crippen molar-refractivity contribution in [3.8, 4) is 5.69 Å². The third-order valence-electron chi connectivity index (χ3n) is 5.14. The minimum Gasteiger partial charge on any atom is -0.345 e. The molecule has 2 aromatic heterocycles. The Morgan fingerprint density at radius 3 is 2.51 bits per heavy atom. The molecule has 198 valence electrons. The number of hydrogen-bond donors (Lipinski definition) is 2. The molecule has 3 aromatic rings. The van der Waals surface area contributed by atoms with E-state index in [1.807, 2.05) is 6.07 Å². The van der Waals surface area contributed by atoms with Crippen LogP contribution in [0.2, 0.25) is 0 Å². The smallest absolute Gasteiger partial charge is 0.252 e. The number of allylic oxidation sites excluding steroid dienone is 1. The molecule has 0 radical (unpaired) electrons. The van der Waals surface area contributed by atoms with E-state index < -0.39 is 0 Å². The van der Waals surface area contributed by atoms with Gasteiger partial charge in [0.15, 0.2) is 0 Å². The Morgan fingerprint density at radius 1 is 1.22 bits per heavy atom. The molecule has 0 saturated carbocycles. The molecular weight excluding hydrogens is 489 g/mol. The van der Waals surface area contributed by atoms with Gasteiger partial charge in [-0.1, -0.05) is 46.3 Å². The van der Waals surface area contributed by atoms with Crippen molar-refractivity contribution in [1.29, 1.82) is 0 Å². The fourth-order valence-corrected chi connectivity index (χ4v) is 4.03. The van der Waals surface area contributed by atoms with Crippen molar-refractivity contribution in [2.45, 2.75) is 57.9 Å². The average molecular weight is 526 g/mol. The lowest BCUT2D eigenvalue weighted by atomic mass is 10.0. The van der Waals surface area contributed by atoms with Crippen molar-refractivity contribution in [2.75, 3.05) is 7.05 Å². The van der Waals surface area contributed by atoms with Gasteiger partial charge < -0.3 is 5.32 Å². The number of carbonyl (C=O) groups is 1. The maximum Gasteiger partial charge on any atom is 0.252 e. The highest BCUT2D eigenvalue weighted by Gasteiger charge is 2.22. The molecule has 1 atom stereocenters. The molecule has 0 bridgehead atoms. The zero-order valence-electron chi connectivity index (χ0n) is 22.1. The van der Waals surface area contributed by atoms with E-state index in [1.54, 1.807) is 61.5 Å². The Labute approximate surface area is 223 Å². The van der Waals surface area contributed by atoms with Crippen LogP contribution in [0.5, 0.6) is 0 Å². The first-order chi connectivity index (χ1) is 17.9. The third kappa shape index (κ3) is 8.38. The van der Waals surface area contributed by atoms with Gasteiger partial charge in [0.1, 0.15) is 5.82 Å². The Kier molecular flexibility index (Phi) is 12.8. The maximum absolute atomic E-state index is 13.4. The van der Waals surface area contributed by atoms with E-state index in [9.17, 15) is 9.18 Å². The number of halogens is 1. The zero-order chi connectivity index (χ0) is 27.2. The predicted molar refractivity (Wildman–Crippen MR) is 149 cm³/mol. The fourth-order valence-electron chi connectivity index (χ4n) is 3.57. The van der Waals surface area contributed by atoms with Crippen molar-refractivity contribution >= 4 is 29.6 Å². The number of nitrogens with zero attached hydrogens (tertiary/aromatic N) is 3. The highest BCUT2D eigenvalue weighted by atomic mass is 32.2. The summed E-state index contributed by atoms with van der Waals surface area (Å²) >= 11 is 1.16. The quantitative estimate of drug-likeness (QED) is 0.165. The molecule has 0 aliphatic rings. The summed E-state index contributed by atoms with van der Waals surface area (Å²) in [4.78, 5) is 18.5. The van der Waals surface area contributed by atoms with E-state index in [1.165, 1.54) is 18.6 Å². The predicted octanol–water partition coefficient (Wildman–Crippen LogP) is 6.68. The third-order valence-corrected chi connectivity index (χ3v) is 5.80. The SMILES string of the molecule is C=Cc1c(/C(=C\C)C(=O)NC(CCC)c2cncc(SONC)c2)cnn1-c1ccc(F)cc1.CCC. The highest BCUT2D eigenvalue weighted by Crippen LogP contribution is 2.27. The van der Waals surface area contributed by atoms with Gasteiger partial charge >= 0.3 is 0 Å². The molecule has 1 unspecified atom stereocenters. The molecular formula is C28H36FN5O2S. The van der Waals surface area contributed by atoms with E-state index in [2.05, 4.69) is 48.2 Å². The van der Waals surface area contributed by atoms with Crippen molar-refractivity contribution in [1.82, 2.24) is 25.6 Å². The van der Waals surface area contributed by atoms with Crippen molar-refractivity contribution in [3.63, 3.8) is 0 Å². The number of amides is 1. The second kappa shape index (κ2) is 15.8. The lowest BCUT2D eigenvalue weighted by Crippen LogP contribution is -2.29. The maximum atomic E-state index is 13.4. The van der Waals surface area contributed by atoms with Gasteiger partial charge in [-0.05, 0) is 55.3 Å². The number of rotatable bonds is 11. The van der Waals surface area contributed by atoms with E-state index in [4.69, 9.17) is 4.28 Å². The van der Waals surface area contributed by atoms with E-state index >= 15 is 0 Å². The summed E-state index contributed by atoms with van der Waals surface area (Å²) in [7, 11) is 1.68. The lowest BCUT2D eigenvalue weighted by Gasteiger charge is -2.20. The summed E-state index contributed by atoms with van der Waals surface area (Å²) in [5, 5.41) is 7.56. The summed E-state index contributed by atoms with van der Waals surface area (Å²) in [6.07, 6.45) is 11.3. The molecule has 0 aliphatic carbocycles. The van der Waals surface area contributed by atoms with Crippen LogP contribution < -0.4 is 10.8 Å². The fraction of sp³-hybridized carbons (Fsp3) is 0.321. The van der Waals surface area contributed by atoms with Crippen LogP contribution in [0, 0.1) is 5.82 Å². The summed E-state index contributed by atoms with van der Waals surface area (Å²) in [5.41, 5.74) is 5.93. The number of benzene rings is 1. The molecule has 0 saturated heterocycles. The van der Waals surface area contributed by atoms with Gasteiger partial charge in [0.05, 0.1) is 40.6 Å². The normalized spacial score (nSPS) is 11.9. The largest absolute Gasteiger partial charge is 0.345 e. The Bertz CT molecular complexity index is 1180. The van der Waals surface area contributed by atoms with Crippen LogP contribution >= 0.6 is 12.0 Å². The number of hydroxylamine groups is 1. The van der Waals surface area contributed by atoms with Gasteiger partial charge in [0.2, 0.25) is 0 Å². The van der Waals surface area contributed by atoms with Crippen LogP contribution in [0.15, 0.2) is 66.5 Å². The standard InChI is InChI=1S/C25H28FN5O2S.C3H8/c1-5-8-23(17-13-20(15-28-14-17)34-33-27-4)30-25(32)21(6-2)22-16-29-31(24(22)7-3)19-11-9-18(26)10-12-19;1-3-2/h6-7,9-16,23,27H,3,5,8H2,1-2,4H3,(H,30,32);3H2,1-2H3/b21-6+;. The molecule has 1 amide bonds. The van der Waals surface area contributed by atoms with Crippen LogP contribution in [0.4, 0.5) is 4.39 Å². The summed E-state index contributed by atoms with van der Waals surface area (Å²) < 4.78 is 20.2. The summed E-state index contributed by atoms with van der Waals surface area (Å²) in [6.45, 7) is 12.0. The van der Waals surface area contributed by atoms with Gasteiger partial charge in [-0.15, -0.1) is 0 Å². The molecule has 7 nitrogen and oxygen atoms in total. The van der Waals surface area contributed by atoms with Crippen LogP contribution in [-0.2, 0) is 9.08 Å². The molecule has 1 aromatic carbocycles. The van der Waals surface area contributed by atoms with Gasteiger partial charge in [-0.25, -0.2) is 13.4 Å². The average Bonchev–Trinajstić information content (AvgIpc) is 3.32. The van der Waals surface area contributed by atoms with Crippen molar-refractivity contribution in [2.24, 2.45) is 0 Å². The van der Waals surface area contributed by atoms with Crippen molar-refractivity contribution in [3.05, 3.63) is 84.2 Å². The van der Waals surface area contributed by atoms with Gasteiger partial charge in [0.25, 0.3) is 5.91 Å². The van der Waals surface area contributed by atoms with E-state index in [0.29, 0.717) is 22.5 Å². The molecule has 0 fully saturated rings. The molecule has 2 N–H and O–H groups in total. The Hall–Kier alpha value is -3.27. The molecule has 9 heteroatoms. The van der Waals surface area contributed by atoms with Gasteiger partial charge in [-0.2, -0.15) is 10.6 Å². The first kappa shape index (κ1) is 30.0. The second-order valence-corrected chi connectivity index (χ2v) is 8.89. The molecule has 37 heavy (non-hydrogen) atoms. The number of aromatic nitrogens is 3. The summed E-state index contributed by atoms with van der Waals surface area (Å²) in [5.74, 6) is -0.562. The second-order valence-electron chi connectivity index (χ2n) is 8.08. The molecule has 3 rings (SSSR count). The van der Waals surface area contributed by atoms with Crippen LogP contribution in [0.3, 0.4) is 0 Å². The van der Waals surface area contributed by atoms with Crippen LogP contribution in [0.1, 0.15) is 69.8 Å². The van der Waals surface area contributed by atoms with Gasteiger partial charge in [-0.3, -0.25) is 9.78 Å². The lowest BCUT2D eigenvalue weighted by molar-refractivity contribution is -0.116. The number of nitrogens with one attached hydrogen (secondary N) is 2. The Morgan fingerprint density at radius 2 is 1.92 bits per heavy atom. The molecule has 0 spiro atoms. The van der Waals surface area contributed by atoms with E-state index in [0.717, 1.165) is 35.3 Å². The van der Waals surface area contributed by atoms with Crippen LogP contribution in [0.25, 0.3) is 17.3 Å². The topological polar surface area (TPSA) is 81.1 Å². The monoisotopic (exact) mass is 525 g/mol. The molecule has 0 aliphatic heterocycles. The van der Waals surface area contributed by atoms with Crippen molar-refractivity contribution < 1.29 is 13.5 Å². The summed E-state index contributed by atoms with van der Waals surface area (Å²) in [6, 6.07) is 7.71. The Balaban J connectivity index is 0.00000153. The minimum atomic E-state index is -0.332. The van der Waals surface area contributed by atoms with Crippen LogP contribution in [-0.4, -0.2) is 27.7 Å². The first-order valence-electron chi connectivity index (χ1n) is 12.3. The number of pyridine rings is 1. The first-order valence-corrected chi connectivity index (χ1v) is 13.1. The van der Waals surface area contributed by atoms with Gasteiger partial charge in [0, 0.05) is 30.6 Å².